The van der Waals surface area contributed by atoms with Crippen LogP contribution in [-0.2, 0) is 11.8 Å². The third kappa shape index (κ3) is 4.34. The smallest absolute Gasteiger partial charge is 0.188 e. The summed E-state index contributed by atoms with van der Waals surface area (Å²) in [5, 5.41) is 7.28. The van der Waals surface area contributed by atoms with Gasteiger partial charge in [0.15, 0.2) is 5.96 Å². The molecule has 1 aromatic heterocycles. The molecule has 0 aromatic carbocycles. The van der Waals surface area contributed by atoms with Gasteiger partial charge >= 0.3 is 0 Å². The van der Waals surface area contributed by atoms with Crippen LogP contribution in [0, 0.1) is 5.92 Å². The average Bonchev–Trinajstić information content (AvgIpc) is 3.01. The van der Waals surface area contributed by atoms with Crippen LogP contribution in [0.15, 0.2) is 17.3 Å². The number of aliphatic imine (C=N–C) groups is 1. The van der Waals surface area contributed by atoms with Crippen LogP contribution < -0.4 is 11.1 Å². The highest BCUT2D eigenvalue weighted by Gasteiger charge is 2.31. The molecule has 2 rings (SSSR count). The van der Waals surface area contributed by atoms with Crippen LogP contribution in [0.25, 0.3) is 0 Å². The van der Waals surface area contributed by atoms with E-state index in [-0.39, 0.29) is 30.1 Å². The highest BCUT2D eigenvalue weighted by Crippen LogP contribution is 2.34. The molecule has 3 N–H and O–H groups in total. The number of nitrogens with one attached hydrogen (secondary N) is 1. The number of nitrogens with two attached hydrogens (primary N) is 1. The fourth-order valence-electron chi connectivity index (χ4n) is 2.34. The summed E-state index contributed by atoms with van der Waals surface area (Å²) in [7, 11) is 1.94. The van der Waals surface area contributed by atoms with Crippen LogP contribution in [-0.4, -0.2) is 35.4 Å². The van der Waals surface area contributed by atoms with Crippen molar-refractivity contribution in [2.45, 2.75) is 25.9 Å². The molecule has 1 aromatic rings. The van der Waals surface area contributed by atoms with E-state index in [0.717, 1.165) is 31.7 Å². The molecule has 0 amide bonds. The maximum Gasteiger partial charge on any atom is 0.188 e. The number of ether oxygens (including phenoxy) is 1. The van der Waals surface area contributed by atoms with Gasteiger partial charge < -0.3 is 15.8 Å². The second-order valence-corrected chi connectivity index (χ2v) is 4.87. The first kappa shape index (κ1) is 17.2. The molecule has 2 atom stereocenters. The lowest BCUT2D eigenvalue weighted by Gasteiger charge is -2.17. The zero-order valence-electron chi connectivity index (χ0n) is 12.1. The summed E-state index contributed by atoms with van der Waals surface area (Å²) >= 11 is 0. The average molecular weight is 393 g/mol. The van der Waals surface area contributed by atoms with Crippen molar-refractivity contribution < 1.29 is 4.74 Å². The molecular formula is C13H24IN5O. The van der Waals surface area contributed by atoms with Crippen LogP contribution in [0.1, 0.15) is 31.6 Å². The van der Waals surface area contributed by atoms with Gasteiger partial charge in [-0.05, 0) is 18.9 Å². The van der Waals surface area contributed by atoms with Gasteiger partial charge in [0.1, 0.15) is 6.10 Å². The van der Waals surface area contributed by atoms with Crippen LogP contribution in [0.3, 0.4) is 0 Å². The monoisotopic (exact) mass is 393 g/mol. The summed E-state index contributed by atoms with van der Waals surface area (Å²) in [6.07, 6.45) is 3.94. The highest BCUT2D eigenvalue weighted by molar-refractivity contribution is 14.0. The van der Waals surface area contributed by atoms with Gasteiger partial charge in [-0.25, -0.2) is 0 Å². The topological polar surface area (TPSA) is 77.5 Å². The minimum atomic E-state index is 0. The molecule has 0 aliphatic carbocycles. The van der Waals surface area contributed by atoms with E-state index in [0.29, 0.717) is 18.4 Å². The number of aromatic nitrogens is 2. The van der Waals surface area contributed by atoms with Gasteiger partial charge in [0.05, 0.1) is 5.69 Å². The van der Waals surface area contributed by atoms with Crippen LogP contribution in [0.4, 0.5) is 0 Å². The van der Waals surface area contributed by atoms with Crippen molar-refractivity contribution in [1.29, 1.82) is 0 Å². The largest absolute Gasteiger partial charge is 0.372 e. The van der Waals surface area contributed by atoms with Gasteiger partial charge in [-0.3, -0.25) is 9.67 Å². The Hall–Kier alpha value is -0.830. The summed E-state index contributed by atoms with van der Waals surface area (Å²) in [6.45, 7) is 4.43. The summed E-state index contributed by atoms with van der Waals surface area (Å²) in [5.74, 6) is 0.898. The number of hydrogen-bond acceptors (Lipinski definition) is 3. The summed E-state index contributed by atoms with van der Waals surface area (Å²) in [6, 6.07) is 2.01. The van der Waals surface area contributed by atoms with Crippen molar-refractivity contribution >= 4 is 29.9 Å². The quantitative estimate of drug-likeness (QED) is 0.451. The Morgan fingerprint density at radius 3 is 3.10 bits per heavy atom. The third-order valence-corrected chi connectivity index (χ3v) is 3.42. The molecule has 0 saturated carbocycles. The number of halogens is 1. The standard InChI is InChI=1S/C13H23N5O.HI/c1-3-6-15-13(14)16-9-10-5-8-19-12(10)11-4-7-17-18(11)2;/h4,7,10,12H,3,5-6,8-9H2,1-2H3,(H3,14,15,16);1H/t10-,12+;/m0./s1. The van der Waals surface area contributed by atoms with Crippen molar-refractivity contribution in [2.24, 2.45) is 23.7 Å². The lowest BCUT2D eigenvalue weighted by Crippen LogP contribution is -2.32. The maximum absolute atomic E-state index is 5.81. The van der Waals surface area contributed by atoms with Crippen molar-refractivity contribution in [1.82, 2.24) is 15.1 Å². The summed E-state index contributed by atoms with van der Waals surface area (Å²) < 4.78 is 7.68. The Morgan fingerprint density at radius 2 is 2.45 bits per heavy atom. The molecule has 1 aliphatic heterocycles. The van der Waals surface area contributed by atoms with E-state index in [9.17, 15) is 0 Å². The van der Waals surface area contributed by atoms with E-state index in [1.807, 2.05) is 17.8 Å². The van der Waals surface area contributed by atoms with Crippen LogP contribution in [0.5, 0.6) is 0 Å². The second kappa shape index (κ2) is 8.46. The number of aryl methyl sites for hydroxylation is 1. The number of nitrogens with zero attached hydrogens (tertiary/aromatic N) is 3. The Labute approximate surface area is 137 Å². The van der Waals surface area contributed by atoms with Gasteiger partial charge in [-0.15, -0.1) is 24.0 Å². The molecule has 1 aliphatic rings. The molecule has 6 nitrogen and oxygen atoms in total. The Morgan fingerprint density at radius 1 is 1.65 bits per heavy atom. The molecule has 2 heterocycles. The Balaban J connectivity index is 0.00000200. The van der Waals surface area contributed by atoms with Crippen molar-refractivity contribution in [2.75, 3.05) is 19.7 Å². The third-order valence-electron chi connectivity index (χ3n) is 3.42. The lowest BCUT2D eigenvalue weighted by molar-refractivity contribution is 0.0859. The van der Waals surface area contributed by atoms with Gasteiger partial charge in [-0.2, -0.15) is 5.10 Å². The SMILES string of the molecule is CCCNC(N)=NC[C@@H]1CCO[C@H]1c1ccnn1C.I. The molecule has 114 valence electrons. The van der Waals surface area contributed by atoms with Gasteiger partial charge in [0.2, 0.25) is 0 Å². The van der Waals surface area contributed by atoms with Crippen LogP contribution >= 0.6 is 24.0 Å². The Kier molecular flexibility index (Phi) is 7.28. The molecule has 0 radical (unpaired) electrons. The molecule has 1 saturated heterocycles. The number of hydrogen-bond donors (Lipinski definition) is 2. The van der Waals surface area contributed by atoms with Gasteiger partial charge in [0.25, 0.3) is 0 Å². The fraction of sp³-hybridized carbons (Fsp3) is 0.692. The van der Waals surface area contributed by atoms with E-state index in [1.54, 1.807) is 6.20 Å². The fourth-order valence-corrected chi connectivity index (χ4v) is 2.34. The highest BCUT2D eigenvalue weighted by atomic mass is 127. The normalized spacial score (nSPS) is 22.6. The number of rotatable bonds is 5. The maximum atomic E-state index is 5.81. The number of guanidine groups is 1. The molecule has 1 fully saturated rings. The second-order valence-electron chi connectivity index (χ2n) is 4.87. The van der Waals surface area contributed by atoms with Gasteiger partial charge in [0, 0.05) is 38.9 Å². The zero-order valence-corrected chi connectivity index (χ0v) is 14.4. The predicted octanol–water partition coefficient (Wildman–Crippen LogP) is 1.43. The van der Waals surface area contributed by atoms with E-state index >= 15 is 0 Å². The molecular weight excluding hydrogens is 369 g/mol. The van der Waals surface area contributed by atoms with E-state index in [1.165, 1.54) is 0 Å². The first-order valence-corrected chi connectivity index (χ1v) is 6.85. The minimum absolute atomic E-state index is 0. The van der Waals surface area contributed by atoms with Gasteiger partial charge in [-0.1, -0.05) is 6.92 Å². The van der Waals surface area contributed by atoms with Crippen molar-refractivity contribution in [3.8, 4) is 0 Å². The minimum Gasteiger partial charge on any atom is -0.372 e. The van der Waals surface area contributed by atoms with Crippen molar-refractivity contribution in [3.05, 3.63) is 18.0 Å². The summed E-state index contributed by atoms with van der Waals surface area (Å²) in [4.78, 5) is 4.41. The van der Waals surface area contributed by atoms with Crippen molar-refractivity contribution in [3.63, 3.8) is 0 Å². The Bertz CT molecular complexity index is 434. The molecule has 0 spiro atoms. The lowest BCUT2D eigenvalue weighted by atomic mass is 9.99. The first-order valence-electron chi connectivity index (χ1n) is 6.85. The molecule has 0 unspecified atom stereocenters. The van der Waals surface area contributed by atoms with Crippen LogP contribution in [0.2, 0.25) is 0 Å². The van der Waals surface area contributed by atoms with E-state index in [4.69, 9.17) is 10.5 Å². The molecule has 7 heteroatoms. The molecule has 0 bridgehead atoms. The van der Waals surface area contributed by atoms with E-state index < -0.39 is 0 Å². The summed E-state index contributed by atoms with van der Waals surface area (Å²) in [5.41, 5.74) is 6.92. The van der Waals surface area contributed by atoms with E-state index in [2.05, 4.69) is 22.3 Å². The zero-order chi connectivity index (χ0) is 13.7. The first-order chi connectivity index (χ1) is 9.22. The molecule has 20 heavy (non-hydrogen) atoms. The predicted molar refractivity (Wildman–Crippen MR) is 90.2 cm³/mol.